The summed E-state index contributed by atoms with van der Waals surface area (Å²) in [7, 11) is 0. The van der Waals surface area contributed by atoms with Gasteiger partial charge in [-0.2, -0.15) is 0 Å². The van der Waals surface area contributed by atoms with Gasteiger partial charge >= 0.3 is 0 Å². The molecule has 31 heavy (non-hydrogen) atoms. The fraction of sp³-hybridized carbons (Fsp3) is 0.462. The van der Waals surface area contributed by atoms with Crippen LogP contribution in [0.5, 0.6) is 0 Å². The molecule has 4 bridgehead atoms. The molecule has 4 fully saturated rings. The van der Waals surface area contributed by atoms with E-state index >= 15 is 0 Å². The summed E-state index contributed by atoms with van der Waals surface area (Å²) in [5, 5.41) is 3.84. The lowest BCUT2D eigenvalue weighted by molar-refractivity contribution is -0.124. The molecular formula is C26H27ClN2O2. The van der Waals surface area contributed by atoms with E-state index in [2.05, 4.69) is 10.3 Å². The van der Waals surface area contributed by atoms with Crippen LogP contribution in [-0.4, -0.2) is 10.9 Å². The van der Waals surface area contributed by atoms with Crippen LogP contribution in [0.25, 0.3) is 22.6 Å². The predicted molar refractivity (Wildman–Crippen MR) is 123 cm³/mol. The number of aryl methyl sites for hydroxylation is 1. The van der Waals surface area contributed by atoms with Crippen molar-refractivity contribution in [2.75, 3.05) is 5.32 Å². The van der Waals surface area contributed by atoms with Gasteiger partial charge in [0.25, 0.3) is 0 Å². The number of benzene rings is 2. The average Bonchev–Trinajstić information content (AvgIpc) is 3.11. The summed E-state index contributed by atoms with van der Waals surface area (Å²) >= 11 is 6.08. The lowest BCUT2D eigenvalue weighted by Gasteiger charge is -2.56. The second-order valence-corrected chi connectivity index (χ2v) is 10.7. The van der Waals surface area contributed by atoms with Gasteiger partial charge in [0, 0.05) is 22.7 Å². The number of hydrogen-bond donors (Lipinski definition) is 1. The molecular weight excluding hydrogens is 408 g/mol. The molecule has 1 aromatic heterocycles. The Hall–Kier alpha value is -2.33. The topological polar surface area (TPSA) is 55.1 Å². The van der Waals surface area contributed by atoms with Crippen molar-refractivity contribution in [1.29, 1.82) is 0 Å². The molecule has 0 saturated heterocycles. The molecule has 1 amide bonds. The molecule has 1 N–H and O–H groups in total. The Labute approximate surface area is 187 Å². The average molecular weight is 435 g/mol. The largest absolute Gasteiger partial charge is 0.436 e. The van der Waals surface area contributed by atoms with E-state index < -0.39 is 0 Å². The minimum absolute atomic E-state index is 0.145. The number of anilines is 1. The van der Waals surface area contributed by atoms with Crippen molar-refractivity contribution in [1.82, 2.24) is 4.98 Å². The van der Waals surface area contributed by atoms with Crippen molar-refractivity contribution in [3.8, 4) is 11.5 Å². The summed E-state index contributed by atoms with van der Waals surface area (Å²) < 4.78 is 5.92. The highest BCUT2D eigenvalue weighted by Crippen LogP contribution is 2.61. The van der Waals surface area contributed by atoms with E-state index in [1.807, 2.05) is 31.2 Å². The molecule has 1 heterocycles. The molecule has 5 heteroatoms. The van der Waals surface area contributed by atoms with Crippen LogP contribution in [0.1, 0.15) is 50.5 Å². The number of nitrogens with zero attached hydrogens (tertiary/aromatic N) is 1. The van der Waals surface area contributed by atoms with Gasteiger partial charge in [-0.1, -0.05) is 17.7 Å². The molecule has 0 aliphatic heterocycles. The minimum Gasteiger partial charge on any atom is -0.436 e. The highest BCUT2D eigenvalue weighted by Gasteiger charge is 2.51. The SMILES string of the molecule is Cc1ccc(-c2nc3cc(Cl)ccc3o2)cc1NC(=O)CC12CC3CC(CC(C3)C1)C2. The van der Waals surface area contributed by atoms with E-state index in [1.54, 1.807) is 12.1 Å². The predicted octanol–water partition coefficient (Wildman–Crippen LogP) is 7.00. The maximum absolute atomic E-state index is 13.1. The molecule has 4 aliphatic rings. The van der Waals surface area contributed by atoms with Crippen molar-refractivity contribution in [3.05, 3.63) is 47.0 Å². The molecule has 4 saturated carbocycles. The second kappa shape index (κ2) is 7.09. The Balaban J connectivity index is 1.23. The zero-order chi connectivity index (χ0) is 21.2. The number of aromatic nitrogens is 1. The van der Waals surface area contributed by atoms with E-state index in [9.17, 15) is 4.79 Å². The first kappa shape index (κ1) is 19.4. The smallest absolute Gasteiger partial charge is 0.227 e. The minimum atomic E-state index is 0.145. The van der Waals surface area contributed by atoms with Gasteiger partial charge in [-0.05, 0) is 105 Å². The number of hydrogen-bond acceptors (Lipinski definition) is 3. The quantitative estimate of drug-likeness (QED) is 0.480. The van der Waals surface area contributed by atoms with Gasteiger partial charge in [0.1, 0.15) is 5.52 Å². The van der Waals surface area contributed by atoms with Gasteiger partial charge in [0.15, 0.2) is 5.58 Å². The summed E-state index contributed by atoms with van der Waals surface area (Å²) in [6.07, 6.45) is 8.60. The van der Waals surface area contributed by atoms with Crippen molar-refractivity contribution in [3.63, 3.8) is 0 Å². The highest BCUT2D eigenvalue weighted by molar-refractivity contribution is 6.31. The monoisotopic (exact) mass is 434 g/mol. The Bertz CT molecular complexity index is 1150. The van der Waals surface area contributed by atoms with Crippen LogP contribution in [0.4, 0.5) is 5.69 Å². The molecule has 0 spiro atoms. The Morgan fingerprint density at radius 2 is 1.81 bits per heavy atom. The van der Waals surface area contributed by atoms with E-state index in [4.69, 9.17) is 16.0 Å². The first-order valence-corrected chi connectivity index (χ1v) is 11.8. The first-order chi connectivity index (χ1) is 14.9. The van der Waals surface area contributed by atoms with Crippen LogP contribution < -0.4 is 5.32 Å². The Kier molecular flexibility index (Phi) is 4.43. The summed E-state index contributed by atoms with van der Waals surface area (Å²) in [4.78, 5) is 17.7. The summed E-state index contributed by atoms with van der Waals surface area (Å²) in [6.45, 7) is 2.02. The number of halogens is 1. The van der Waals surface area contributed by atoms with Crippen LogP contribution in [0.2, 0.25) is 5.02 Å². The lowest BCUT2D eigenvalue weighted by atomic mass is 9.49. The van der Waals surface area contributed by atoms with Crippen LogP contribution in [0.3, 0.4) is 0 Å². The van der Waals surface area contributed by atoms with E-state index in [0.29, 0.717) is 22.9 Å². The van der Waals surface area contributed by atoms with Gasteiger partial charge in [-0.25, -0.2) is 4.98 Å². The molecule has 4 aliphatic carbocycles. The van der Waals surface area contributed by atoms with Crippen molar-refractivity contribution in [2.24, 2.45) is 23.2 Å². The molecule has 4 nitrogen and oxygen atoms in total. The zero-order valence-electron chi connectivity index (χ0n) is 17.8. The third-order valence-corrected chi connectivity index (χ3v) is 8.04. The maximum Gasteiger partial charge on any atom is 0.227 e. The number of rotatable bonds is 4. The highest BCUT2D eigenvalue weighted by atomic mass is 35.5. The van der Waals surface area contributed by atoms with Crippen molar-refractivity contribution in [2.45, 2.75) is 51.9 Å². The molecule has 0 unspecified atom stereocenters. The van der Waals surface area contributed by atoms with Gasteiger partial charge in [0.2, 0.25) is 11.8 Å². The fourth-order valence-electron chi connectivity index (χ4n) is 6.96. The molecule has 7 rings (SSSR count). The number of carbonyl (C=O) groups excluding carboxylic acids is 1. The van der Waals surface area contributed by atoms with Crippen LogP contribution in [0, 0.1) is 30.1 Å². The summed E-state index contributed by atoms with van der Waals surface area (Å²) in [5.41, 5.74) is 4.41. The van der Waals surface area contributed by atoms with E-state index in [0.717, 1.165) is 40.1 Å². The second-order valence-electron chi connectivity index (χ2n) is 10.3. The number of fused-ring (bicyclic) bond motifs is 1. The van der Waals surface area contributed by atoms with E-state index in [-0.39, 0.29) is 11.3 Å². The number of carbonyl (C=O) groups is 1. The van der Waals surface area contributed by atoms with Gasteiger partial charge < -0.3 is 9.73 Å². The van der Waals surface area contributed by atoms with Crippen molar-refractivity contribution < 1.29 is 9.21 Å². The summed E-state index contributed by atoms with van der Waals surface area (Å²) in [5.74, 6) is 3.26. The third-order valence-electron chi connectivity index (χ3n) is 7.81. The Morgan fingerprint density at radius 1 is 1.10 bits per heavy atom. The number of amides is 1. The van der Waals surface area contributed by atoms with Crippen LogP contribution >= 0.6 is 11.6 Å². The lowest BCUT2D eigenvalue weighted by Crippen LogP contribution is -2.47. The molecule has 3 aromatic rings. The zero-order valence-corrected chi connectivity index (χ0v) is 18.5. The van der Waals surface area contributed by atoms with Crippen LogP contribution in [0.15, 0.2) is 40.8 Å². The fourth-order valence-corrected chi connectivity index (χ4v) is 7.12. The van der Waals surface area contributed by atoms with Gasteiger partial charge in [-0.3, -0.25) is 4.79 Å². The molecule has 0 atom stereocenters. The van der Waals surface area contributed by atoms with Gasteiger partial charge in [0.05, 0.1) is 0 Å². The van der Waals surface area contributed by atoms with Gasteiger partial charge in [-0.15, -0.1) is 0 Å². The standard InChI is InChI=1S/C26H27ClN2O2/c1-15-2-3-19(25-29-22-10-20(27)4-5-23(22)31-25)9-21(15)28-24(30)14-26-11-16-6-17(12-26)8-18(7-16)13-26/h2-5,9-10,16-18H,6-8,11-14H2,1H3,(H,28,30). The maximum atomic E-state index is 13.1. The van der Waals surface area contributed by atoms with Crippen molar-refractivity contribution >= 4 is 34.3 Å². The van der Waals surface area contributed by atoms with E-state index in [1.165, 1.54) is 38.5 Å². The molecule has 0 radical (unpaired) electrons. The van der Waals surface area contributed by atoms with Crippen LogP contribution in [-0.2, 0) is 4.79 Å². The normalized spacial score (nSPS) is 28.9. The summed E-state index contributed by atoms with van der Waals surface area (Å²) in [6, 6.07) is 11.4. The molecule has 2 aromatic carbocycles. The Morgan fingerprint density at radius 3 is 2.52 bits per heavy atom. The first-order valence-electron chi connectivity index (χ1n) is 11.4. The third kappa shape index (κ3) is 3.55. The number of nitrogens with one attached hydrogen (secondary N) is 1. The number of oxazole rings is 1. The molecule has 160 valence electrons.